The number of carbonyl (C=O) groups is 2. The van der Waals surface area contributed by atoms with Crippen LogP contribution in [-0.2, 0) is 4.79 Å². The Kier molecular flexibility index (Phi) is 4.45. The van der Waals surface area contributed by atoms with Crippen molar-refractivity contribution in [3.8, 4) is 0 Å². The van der Waals surface area contributed by atoms with Gasteiger partial charge >= 0.3 is 0 Å². The third-order valence-corrected chi connectivity index (χ3v) is 2.66. The summed E-state index contributed by atoms with van der Waals surface area (Å²) in [5, 5.41) is 0. The highest BCUT2D eigenvalue weighted by atomic mass is 16.2. The van der Waals surface area contributed by atoms with Gasteiger partial charge in [-0.3, -0.25) is 9.59 Å². The summed E-state index contributed by atoms with van der Waals surface area (Å²) in [5.41, 5.74) is 6.25. The van der Waals surface area contributed by atoms with E-state index in [0.717, 1.165) is 0 Å². The minimum atomic E-state index is -0.559. The lowest BCUT2D eigenvalue weighted by Gasteiger charge is -2.22. The summed E-state index contributed by atoms with van der Waals surface area (Å²) in [6.45, 7) is 3.80. The molecule has 3 N–H and O–H groups in total. The molecule has 5 nitrogen and oxygen atoms in total. The molecule has 1 atom stereocenters. The zero-order chi connectivity index (χ0) is 13.0. The van der Waals surface area contributed by atoms with Crippen LogP contribution in [0.4, 0.5) is 0 Å². The molecular weight excluding hydrogens is 218 g/mol. The van der Waals surface area contributed by atoms with E-state index in [4.69, 9.17) is 5.73 Å². The molecule has 94 valence electrons. The first-order chi connectivity index (χ1) is 7.93. The number of amides is 1. The molecule has 5 heteroatoms. The molecule has 0 fully saturated rings. The number of aromatic amines is 1. The van der Waals surface area contributed by atoms with E-state index in [1.807, 2.05) is 13.8 Å². The number of carbonyl (C=O) groups excluding carboxylic acids is 2. The minimum absolute atomic E-state index is 0.0414. The summed E-state index contributed by atoms with van der Waals surface area (Å²) in [5.74, 6) is -0.271. The molecule has 0 aliphatic heterocycles. The van der Waals surface area contributed by atoms with Gasteiger partial charge in [0.05, 0.1) is 18.3 Å². The van der Waals surface area contributed by atoms with Crippen LogP contribution in [0.15, 0.2) is 18.3 Å². The van der Waals surface area contributed by atoms with Crippen molar-refractivity contribution < 1.29 is 9.59 Å². The van der Waals surface area contributed by atoms with E-state index < -0.39 is 6.04 Å². The minimum Gasteiger partial charge on any atom is -0.359 e. The van der Waals surface area contributed by atoms with Gasteiger partial charge in [0, 0.05) is 13.2 Å². The lowest BCUT2D eigenvalue weighted by atomic mass is 10.0. The first-order valence-corrected chi connectivity index (χ1v) is 5.60. The van der Waals surface area contributed by atoms with E-state index in [9.17, 15) is 9.59 Å². The molecule has 0 aliphatic carbocycles. The van der Waals surface area contributed by atoms with Crippen molar-refractivity contribution in [1.82, 2.24) is 9.88 Å². The summed E-state index contributed by atoms with van der Waals surface area (Å²) < 4.78 is 0. The largest absolute Gasteiger partial charge is 0.359 e. The molecular formula is C12H19N3O2. The number of nitrogens with zero attached hydrogens (tertiary/aromatic N) is 1. The second-order valence-corrected chi connectivity index (χ2v) is 4.47. The van der Waals surface area contributed by atoms with Crippen molar-refractivity contribution in [2.75, 3.05) is 13.6 Å². The zero-order valence-electron chi connectivity index (χ0n) is 10.4. The molecule has 0 saturated heterocycles. The highest BCUT2D eigenvalue weighted by Gasteiger charge is 2.22. The Hall–Kier alpha value is -1.62. The van der Waals surface area contributed by atoms with Crippen molar-refractivity contribution >= 4 is 11.7 Å². The standard InChI is InChI=1S/C12H19N3O2/c1-8(2)11(13)12(17)15(3)7-10(16)9-5-4-6-14-9/h4-6,8,11,14H,7,13H2,1-3H3/t11-/m0/s1. The van der Waals surface area contributed by atoms with Crippen molar-refractivity contribution in [1.29, 1.82) is 0 Å². The number of nitrogens with one attached hydrogen (secondary N) is 1. The highest BCUT2D eigenvalue weighted by Crippen LogP contribution is 2.04. The van der Waals surface area contributed by atoms with E-state index in [1.165, 1.54) is 4.90 Å². The normalized spacial score (nSPS) is 12.5. The third-order valence-electron chi connectivity index (χ3n) is 2.66. The van der Waals surface area contributed by atoms with Crippen molar-refractivity contribution in [3.05, 3.63) is 24.0 Å². The Morgan fingerprint density at radius 3 is 2.59 bits per heavy atom. The van der Waals surface area contributed by atoms with E-state index in [0.29, 0.717) is 5.69 Å². The molecule has 17 heavy (non-hydrogen) atoms. The molecule has 0 radical (unpaired) electrons. The van der Waals surface area contributed by atoms with Crippen LogP contribution in [0.1, 0.15) is 24.3 Å². The maximum atomic E-state index is 11.8. The fourth-order valence-electron chi connectivity index (χ4n) is 1.42. The molecule has 1 aromatic rings. The SMILES string of the molecule is CC(C)[C@H](N)C(=O)N(C)CC(=O)c1ccc[nH]1. The van der Waals surface area contributed by atoms with Gasteiger partial charge in [0.25, 0.3) is 0 Å². The monoisotopic (exact) mass is 237 g/mol. The second-order valence-electron chi connectivity index (χ2n) is 4.47. The van der Waals surface area contributed by atoms with Gasteiger partial charge in [-0.05, 0) is 18.1 Å². The molecule has 0 saturated carbocycles. The van der Waals surface area contributed by atoms with Crippen molar-refractivity contribution in [2.24, 2.45) is 11.7 Å². The van der Waals surface area contributed by atoms with Crippen LogP contribution in [0.2, 0.25) is 0 Å². The zero-order valence-corrected chi connectivity index (χ0v) is 10.4. The lowest BCUT2D eigenvalue weighted by Crippen LogP contribution is -2.46. The molecule has 0 unspecified atom stereocenters. The Labute approximate surface area is 101 Å². The maximum Gasteiger partial charge on any atom is 0.239 e. The van der Waals surface area contributed by atoms with E-state index in [-0.39, 0.29) is 24.2 Å². The van der Waals surface area contributed by atoms with E-state index in [1.54, 1.807) is 25.4 Å². The number of Topliss-reactive ketones (excluding diaryl/α,β-unsaturated/α-hetero) is 1. The van der Waals surface area contributed by atoms with Gasteiger partial charge in [-0.25, -0.2) is 0 Å². The maximum absolute atomic E-state index is 11.8. The predicted octanol–water partition coefficient (Wildman–Crippen LogP) is 0.639. The van der Waals surface area contributed by atoms with Gasteiger partial charge in [-0.1, -0.05) is 13.8 Å². The van der Waals surface area contributed by atoms with Crippen LogP contribution < -0.4 is 5.73 Å². The van der Waals surface area contributed by atoms with Crippen LogP contribution in [0.3, 0.4) is 0 Å². The van der Waals surface area contributed by atoms with E-state index >= 15 is 0 Å². The molecule has 1 rings (SSSR count). The Balaban J connectivity index is 2.58. The van der Waals surface area contributed by atoms with Crippen LogP contribution in [0, 0.1) is 5.92 Å². The summed E-state index contributed by atoms with van der Waals surface area (Å²) in [6.07, 6.45) is 1.68. The van der Waals surface area contributed by atoms with Crippen LogP contribution in [-0.4, -0.2) is 41.2 Å². The topological polar surface area (TPSA) is 79.2 Å². The second kappa shape index (κ2) is 5.63. The Morgan fingerprint density at radius 1 is 1.47 bits per heavy atom. The fourth-order valence-corrected chi connectivity index (χ4v) is 1.42. The van der Waals surface area contributed by atoms with Gasteiger partial charge < -0.3 is 15.6 Å². The van der Waals surface area contributed by atoms with Gasteiger partial charge in [-0.15, -0.1) is 0 Å². The summed E-state index contributed by atoms with van der Waals surface area (Å²) in [6, 6.07) is 2.87. The van der Waals surface area contributed by atoms with Crippen molar-refractivity contribution in [2.45, 2.75) is 19.9 Å². The number of rotatable bonds is 5. The molecule has 0 aromatic carbocycles. The predicted molar refractivity (Wildman–Crippen MR) is 65.6 cm³/mol. The first-order valence-electron chi connectivity index (χ1n) is 5.60. The first kappa shape index (κ1) is 13.4. The molecule has 1 amide bonds. The van der Waals surface area contributed by atoms with Gasteiger partial charge in [0.1, 0.15) is 0 Å². The fraction of sp³-hybridized carbons (Fsp3) is 0.500. The quantitative estimate of drug-likeness (QED) is 0.737. The van der Waals surface area contributed by atoms with Crippen LogP contribution in [0.5, 0.6) is 0 Å². The summed E-state index contributed by atoms with van der Waals surface area (Å²) in [7, 11) is 1.59. The third kappa shape index (κ3) is 3.42. The average Bonchev–Trinajstić information content (AvgIpc) is 2.80. The molecule has 0 aliphatic rings. The lowest BCUT2D eigenvalue weighted by molar-refractivity contribution is -0.131. The average molecular weight is 237 g/mol. The number of aromatic nitrogens is 1. The Bertz CT molecular complexity index is 384. The summed E-state index contributed by atoms with van der Waals surface area (Å²) >= 11 is 0. The van der Waals surface area contributed by atoms with Crippen molar-refractivity contribution in [3.63, 3.8) is 0 Å². The van der Waals surface area contributed by atoms with Gasteiger partial charge in [0.15, 0.2) is 5.78 Å². The number of ketones is 1. The number of H-pyrrole nitrogens is 1. The smallest absolute Gasteiger partial charge is 0.239 e. The number of hydrogen-bond acceptors (Lipinski definition) is 3. The van der Waals surface area contributed by atoms with Crippen LogP contribution in [0.25, 0.3) is 0 Å². The molecule has 1 aromatic heterocycles. The van der Waals surface area contributed by atoms with Gasteiger partial charge in [0.2, 0.25) is 5.91 Å². The van der Waals surface area contributed by atoms with Crippen LogP contribution >= 0.6 is 0 Å². The number of nitrogens with two attached hydrogens (primary N) is 1. The van der Waals surface area contributed by atoms with E-state index in [2.05, 4.69) is 4.98 Å². The molecule has 0 bridgehead atoms. The number of likely N-dealkylation sites (N-methyl/N-ethyl adjacent to an activating group) is 1. The molecule has 1 heterocycles. The molecule has 0 spiro atoms. The number of hydrogen-bond donors (Lipinski definition) is 2. The van der Waals surface area contributed by atoms with Gasteiger partial charge in [-0.2, -0.15) is 0 Å². The Morgan fingerprint density at radius 2 is 2.12 bits per heavy atom. The summed E-state index contributed by atoms with van der Waals surface area (Å²) in [4.78, 5) is 27.8. The highest BCUT2D eigenvalue weighted by molar-refractivity contribution is 5.98.